The highest BCUT2D eigenvalue weighted by Gasteiger charge is 2.24. The second-order valence-corrected chi connectivity index (χ2v) is 7.20. The van der Waals surface area contributed by atoms with Gasteiger partial charge in [0, 0.05) is 46.8 Å². The summed E-state index contributed by atoms with van der Waals surface area (Å²) in [6, 6.07) is 10.1. The lowest BCUT2D eigenvalue weighted by molar-refractivity contribution is -0.129. The van der Waals surface area contributed by atoms with Crippen molar-refractivity contribution in [1.29, 1.82) is 0 Å². The summed E-state index contributed by atoms with van der Waals surface area (Å²) in [6.45, 7) is 4.08. The first-order valence-corrected chi connectivity index (χ1v) is 9.56. The van der Waals surface area contributed by atoms with Crippen LogP contribution in [0.3, 0.4) is 0 Å². The first-order valence-electron chi connectivity index (χ1n) is 9.56. The summed E-state index contributed by atoms with van der Waals surface area (Å²) in [5, 5.41) is 11.0. The van der Waals surface area contributed by atoms with Crippen LogP contribution in [0.5, 0.6) is 0 Å². The number of nitrogens with one attached hydrogen (secondary N) is 1. The van der Waals surface area contributed by atoms with Crippen molar-refractivity contribution in [2.24, 2.45) is 0 Å². The maximum atomic E-state index is 12.0. The molecule has 3 aromatic rings. The van der Waals surface area contributed by atoms with Crippen molar-refractivity contribution in [3.05, 3.63) is 35.9 Å². The molecule has 0 bridgehead atoms. The van der Waals surface area contributed by atoms with Gasteiger partial charge in [-0.15, -0.1) is 0 Å². The highest BCUT2D eigenvalue weighted by molar-refractivity contribution is 5.78. The quantitative estimate of drug-likeness (QED) is 0.649. The third-order valence-electron chi connectivity index (χ3n) is 4.93. The molecule has 10 heteroatoms. The summed E-state index contributed by atoms with van der Waals surface area (Å²) in [5.41, 5.74) is 1.90. The molecule has 1 aromatic carbocycles. The van der Waals surface area contributed by atoms with Crippen LogP contribution in [-0.4, -0.2) is 82.8 Å². The highest BCUT2D eigenvalue weighted by Crippen LogP contribution is 2.25. The summed E-state index contributed by atoms with van der Waals surface area (Å²) < 4.78 is 4.79. The number of nitrogens with zero attached hydrogens (tertiary/aromatic N) is 7. The van der Waals surface area contributed by atoms with E-state index < -0.39 is 0 Å². The molecule has 0 atom stereocenters. The van der Waals surface area contributed by atoms with E-state index in [1.807, 2.05) is 18.2 Å². The van der Waals surface area contributed by atoms with Gasteiger partial charge in [0.15, 0.2) is 11.6 Å². The van der Waals surface area contributed by atoms with Gasteiger partial charge in [-0.05, 0) is 15.9 Å². The molecule has 2 aromatic heterocycles. The van der Waals surface area contributed by atoms with Crippen LogP contribution in [0, 0.1) is 0 Å². The Morgan fingerprint density at radius 2 is 1.76 bits per heavy atom. The Hall–Kier alpha value is -3.27. The Morgan fingerprint density at radius 3 is 2.45 bits per heavy atom. The molecule has 3 heterocycles. The van der Waals surface area contributed by atoms with Crippen molar-refractivity contribution in [1.82, 2.24) is 30.1 Å². The predicted molar refractivity (Wildman–Crippen MR) is 109 cm³/mol. The number of anilines is 2. The predicted octanol–water partition coefficient (Wildman–Crippen LogP) is 0.835. The second kappa shape index (κ2) is 8.39. The van der Waals surface area contributed by atoms with Gasteiger partial charge in [0.25, 0.3) is 0 Å². The van der Waals surface area contributed by atoms with Gasteiger partial charge in [0.1, 0.15) is 0 Å². The molecule has 0 saturated carbocycles. The molecule has 0 aliphatic carbocycles. The zero-order valence-electron chi connectivity index (χ0n) is 16.6. The van der Waals surface area contributed by atoms with E-state index in [9.17, 15) is 4.79 Å². The van der Waals surface area contributed by atoms with E-state index in [-0.39, 0.29) is 5.91 Å². The molecule has 1 N–H and O–H groups in total. The fraction of sp³-hybridized carbons (Fsp3) is 0.421. The molecule has 0 spiro atoms. The normalized spacial score (nSPS) is 14.9. The summed E-state index contributed by atoms with van der Waals surface area (Å²) in [7, 11) is 3.56. The van der Waals surface area contributed by atoms with E-state index in [4.69, 9.17) is 4.63 Å². The molecule has 1 amide bonds. The standard InChI is InChI=1S/C19H24N8O2/c1-25(2)15(28)13-26-8-10-27(11-9-26)19-18(20-12-14-6-4-3-5-7-14)21-16-17(22-19)24-29-23-16/h3-7H,8-13H2,1-2H3,(H,20,21,23). The lowest BCUT2D eigenvalue weighted by Crippen LogP contribution is -2.49. The second-order valence-electron chi connectivity index (χ2n) is 7.20. The summed E-state index contributed by atoms with van der Waals surface area (Å²) in [5.74, 6) is 1.48. The lowest BCUT2D eigenvalue weighted by Gasteiger charge is -2.35. The van der Waals surface area contributed by atoms with Crippen LogP contribution in [-0.2, 0) is 11.3 Å². The monoisotopic (exact) mass is 396 g/mol. The van der Waals surface area contributed by atoms with Gasteiger partial charge in [-0.3, -0.25) is 9.69 Å². The van der Waals surface area contributed by atoms with Crippen LogP contribution in [0.4, 0.5) is 11.6 Å². The maximum absolute atomic E-state index is 12.0. The SMILES string of the molecule is CN(C)C(=O)CN1CCN(c2nc3nonc3nc2NCc2ccccc2)CC1. The Labute approximate surface area is 168 Å². The molecule has 0 unspecified atom stereocenters. The van der Waals surface area contributed by atoms with Gasteiger partial charge in [0.2, 0.25) is 17.2 Å². The van der Waals surface area contributed by atoms with E-state index in [0.29, 0.717) is 30.2 Å². The van der Waals surface area contributed by atoms with Crippen molar-refractivity contribution in [3.8, 4) is 0 Å². The summed E-state index contributed by atoms with van der Waals surface area (Å²) in [6.07, 6.45) is 0. The largest absolute Gasteiger partial charge is 0.363 e. The zero-order valence-corrected chi connectivity index (χ0v) is 16.6. The average Bonchev–Trinajstić information content (AvgIpc) is 3.20. The van der Waals surface area contributed by atoms with Gasteiger partial charge in [0.05, 0.1) is 6.54 Å². The van der Waals surface area contributed by atoms with Crippen molar-refractivity contribution in [2.45, 2.75) is 6.54 Å². The van der Waals surface area contributed by atoms with Gasteiger partial charge in [-0.25, -0.2) is 14.6 Å². The highest BCUT2D eigenvalue weighted by atomic mass is 16.6. The number of likely N-dealkylation sites (N-methyl/N-ethyl adjacent to an activating group) is 1. The smallest absolute Gasteiger partial charge is 0.245 e. The van der Waals surface area contributed by atoms with Crippen LogP contribution >= 0.6 is 0 Å². The van der Waals surface area contributed by atoms with E-state index in [0.717, 1.165) is 37.6 Å². The molecule has 0 radical (unpaired) electrons. The van der Waals surface area contributed by atoms with Crippen molar-refractivity contribution >= 4 is 28.8 Å². The average molecular weight is 396 g/mol. The summed E-state index contributed by atoms with van der Waals surface area (Å²) >= 11 is 0. The van der Waals surface area contributed by atoms with Crippen molar-refractivity contribution in [3.63, 3.8) is 0 Å². The molecular formula is C19H24N8O2. The number of benzene rings is 1. The van der Waals surface area contributed by atoms with Crippen LogP contribution in [0.2, 0.25) is 0 Å². The van der Waals surface area contributed by atoms with E-state index in [1.165, 1.54) is 0 Å². The number of piperazine rings is 1. The van der Waals surface area contributed by atoms with Crippen molar-refractivity contribution in [2.75, 3.05) is 57.0 Å². The zero-order chi connectivity index (χ0) is 20.2. The van der Waals surface area contributed by atoms with E-state index in [2.05, 4.69) is 47.5 Å². The summed E-state index contributed by atoms with van der Waals surface area (Å²) in [4.78, 5) is 27.1. The first-order chi connectivity index (χ1) is 14.1. The Balaban J connectivity index is 1.49. The minimum absolute atomic E-state index is 0.110. The number of fused-ring (bicyclic) bond motifs is 1. The first kappa shape index (κ1) is 19.1. The molecule has 10 nitrogen and oxygen atoms in total. The minimum Gasteiger partial charge on any atom is -0.363 e. The van der Waals surface area contributed by atoms with E-state index in [1.54, 1.807) is 19.0 Å². The van der Waals surface area contributed by atoms with Crippen LogP contribution in [0.25, 0.3) is 11.3 Å². The number of rotatable bonds is 6. The molecule has 1 aliphatic heterocycles. The Morgan fingerprint density at radius 1 is 1.07 bits per heavy atom. The molecule has 4 rings (SSSR count). The molecule has 152 valence electrons. The van der Waals surface area contributed by atoms with Crippen molar-refractivity contribution < 1.29 is 9.42 Å². The molecular weight excluding hydrogens is 372 g/mol. The minimum atomic E-state index is 0.110. The van der Waals surface area contributed by atoms with Gasteiger partial charge >= 0.3 is 0 Å². The van der Waals surface area contributed by atoms with E-state index >= 15 is 0 Å². The van der Waals surface area contributed by atoms with Gasteiger partial charge < -0.3 is 15.1 Å². The topological polar surface area (TPSA) is 104 Å². The number of carbonyl (C=O) groups is 1. The lowest BCUT2D eigenvalue weighted by atomic mass is 10.2. The fourth-order valence-corrected chi connectivity index (χ4v) is 3.20. The van der Waals surface area contributed by atoms with Crippen LogP contribution in [0.1, 0.15) is 5.56 Å². The van der Waals surface area contributed by atoms with Crippen LogP contribution < -0.4 is 10.2 Å². The molecule has 1 fully saturated rings. The molecule has 29 heavy (non-hydrogen) atoms. The third kappa shape index (κ3) is 4.43. The van der Waals surface area contributed by atoms with Crippen LogP contribution in [0.15, 0.2) is 35.0 Å². The van der Waals surface area contributed by atoms with Gasteiger partial charge in [-0.1, -0.05) is 30.3 Å². The van der Waals surface area contributed by atoms with Gasteiger partial charge in [-0.2, -0.15) is 0 Å². The Kier molecular flexibility index (Phi) is 5.52. The maximum Gasteiger partial charge on any atom is 0.245 e. The molecule has 1 aliphatic rings. The number of hydrogen-bond donors (Lipinski definition) is 1. The number of amides is 1. The number of hydrogen-bond acceptors (Lipinski definition) is 9. The Bertz CT molecular complexity index is 967. The number of aromatic nitrogens is 4. The number of carbonyl (C=O) groups excluding carboxylic acids is 1. The fourth-order valence-electron chi connectivity index (χ4n) is 3.20. The third-order valence-corrected chi connectivity index (χ3v) is 4.93. The molecule has 1 saturated heterocycles.